The van der Waals surface area contributed by atoms with Crippen molar-refractivity contribution in [2.45, 2.75) is 31.3 Å². The zero-order valence-corrected chi connectivity index (χ0v) is 16.2. The van der Waals surface area contributed by atoms with Crippen molar-refractivity contribution < 1.29 is 23.1 Å². The second kappa shape index (κ2) is 7.98. The highest BCUT2D eigenvalue weighted by atomic mass is 19.1. The molecule has 8 heteroatoms. The fourth-order valence-electron chi connectivity index (χ4n) is 3.74. The molecular weight excluding hydrogens is 377 g/mol. The first-order valence-corrected chi connectivity index (χ1v) is 9.43. The number of hydrogen-bond acceptors (Lipinski definition) is 6. The van der Waals surface area contributed by atoms with Gasteiger partial charge in [0.1, 0.15) is 28.4 Å². The molecule has 1 fully saturated rings. The number of amides is 1. The van der Waals surface area contributed by atoms with Gasteiger partial charge in [-0.1, -0.05) is 6.07 Å². The maximum atomic E-state index is 13.4. The molecule has 0 radical (unpaired) electrons. The Kier molecular flexibility index (Phi) is 5.24. The number of nitrogens with one attached hydrogen (secondary N) is 2. The second-order valence-electron chi connectivity index (χ2n) is 6.93. The van der Waals surface area contributed by atoms with Crippen molar-refractivity contribution in [3.63, 3.8) is 0 Å². The third-order valence-corrected chi connectivity index (χ3v) is 5.15. The van der Waals surface area contributed by atoms with E-state index in [0.717, 1.165) is 19.3 Å². The molecule has 4 rings (SSSR count). The van der Waals surface area contributed by atoms with Gasteiger partial charge in [-0.05, 0) is 43.5 Å². The monoisotopic (exact) mass is 399 g/mol. The van der Waals surface area contributed by atoms with Gasteiger partial charge >= 0.3 is 0 Å². The summed E-state index contributed by atoms with van der Waals surface area (Å²) in [7, 11) is 3.03. The number of nitrogens with zero attached hydrogens (tertiary/aromatic N) is 1. The number of carbonyl (C=O) groups is 1. The van der Waals surface area contributed by atoms with E-state index in [2.05, 4.69) is 15.6 Å². The average molecular weight is 399 g/mol. The Hall–Kier alpha value is -3.29. The first-order valence-electron chi connectivity index (χ1n) is 9.43. The van der Waals surface area contributed by atoms with Crippen molar-refractivity contribution in [2.24, 2.45) is 0 Å². The number of hydrogen-bond donors (Lipinski definition) is 2. The molecule has 0 aliphatic heterocycles. The number of ether oxygens (including phenoxy) is 2. The zero-order valence-electron chi connectivity index (χ0n) is 16.2. The standard InChI is InChI=1S/C21H22FN3O4/c1-27-16-7-4-8-17(28-2)19(16)20(26)23-13-5-3-6-14(13)24-21-25-15-10-9-12(22)11-18(15)29-21/h4,7-11,13-14H,3,5-6H2,1-2H3,(H,23,26)(H,24,25)/t13-,14+/m1/s1. The Morgan fingerprint density at radius 1 is 1.14 bits per heavy atom. The van der Waals surface area contributed by atoms with Gasteiger partial charge in [0.25, 0.3) is 11.9 Å². The molecule has 2 N–H and O–H groups in total. The SMILES string of the molecule is COc1cccc(OC)c1C(=O)N[C@@H]1CCC[C@@H]1Nc1nc2ccc(F)cc2o1. The smallest absolute Gasteiger partial charge is 0.295 e. The van der Waals surface area contributed by atoms with E-state index in [-0.39, 0.29) is 23.8 Å². The molecule has 0 saturated heterocycles. The van der Waals surface area contributed by atoms with Crippen molar-refractivity contribution in [1.82, 2.24) is 10.3 Å². The molecule has 3 aromatic rings. The number of anilines is 1. The van der Waals surface area contributed by atoms with E-state index in [0.29, 0.717) is 34.2 Å². The summed E-state index contributed by atoms with van der Waals surface area (Å²) >= 11 is 0. The summed E-state index contributed by atoms with van der Waals surface area (Å²) in [5, 5.41) is 6.30. The maximum absolute atomic E-state index is 13.4. The number of benzene rings is 2. The fraction of sp³-hybridized carbons (Fsp3) is 0.333. The van der Waals surface area contributed by atoms with Crippen molar-refractivity contribution in [2.75, 3.05) is 19.5 Å². The molecule has 0 spiro atoms. The van der Waals surface area contributed by atoms with Crippen LogP contribution in [0.15, 0.2) is 40.8 Å². The van der Waals surface area contributed by atoms with Gasteiger partial charge in [-0.2, -0.15) is 4.98 Å². The summed E-state index contributed by atoms with van der Waals surface area (Å²) in [6, 6.07) is 9.56. The number of carbonyl (C=O) groups excluding carboxylic acids is 1. The summed E-state index contributed by atoms with van der Waals surface area (Å²) in [6.45, 7) is 0. The molecule has 1 amide bonds. The van der Waals surface area contributed by atoms with Crippen molar-refractivity contribution in [3.8, 4) is 11.5 Å². The lowest BCUT2D eigenvalue weighted by atomic mass is 10.1. The Bertz CT molecular complexity index is 1010. The number of aromatic nitrogens is 1. The summed E-state index contributed by atoms with van der Waals surface area (Å²) < 4.78 is 29.6. The normalized spacial score (nSPS) is 18.6. The topological polar surface area (TPSA) is 85.6 Å². The average Bonchev–Trinajstić information content (AvgIpc) is 3.33. The molecule has 0 unspecified atom stereocenters. The first kappa shape index (κ1) is 19.0. The Labute approximate surface area is 167 Å². The minimum absolute atomic E-state index is 0.0578. The van der Waals surface area contributed by atoms with Gasteiger partial charge in [-0.3, -0.25) is 4.79 Å². The van der Waals surface area contributed by atoms with E-state index < -0.39 is 0 Å². The quantitative estimate of drug-likeness (QED) is 0.657. The van der Waals surface area contributed by atoms with Crippen LogP contribution in [0.25, 0.3) is 11.1 Å². The highest BCUT2D eigenvalue weighted by Crippen LogP contribution is 2.30. The Morgan fingerprint density at radius 2 is 1.86 bits per heavy atom. The van der Waals surface area contributed by atoms with Gasteiger partial charge in [-0.25, -0.2) is 4.39 Å². The maximum Gasteiger partial charge on any atom is 0.295 e. The zero-order chi connectivity index (χ0) is 20.4. The third-order valence-electron chi connectivity index (χ3n) is 5.15. The molecule has 29 heavy (non-hydrogen) atoms. The lowest BCUT2D eigenvalue weighted by Crippen LogP contribution is -2.43. The van der Waals surface area contributed by atoms with Crippen molar-refractivity contribution >= 4 is 23.0 Å². The summed E-state index contributed by atoms with van der Waals surface area (Å²) in [4.78, 5) is 17.3. The molecule has 1 aromatic heterocycles. The van der Waals surface area contributed by atoms with Crippen LogP contribution < -0.4 is 20.1 Å². The summed E-state index contributed by atoms with van der Waals surface area (Å²) in [5.74, 6) is 0.255. The van der Waals surface area contributed by atoms with Gasteiger partial charge in [0.2, 0.25) is 0 Å². The molecule has 0 bridgehead atoms. The second-order valence-corrected chi connectivity index (χ2v) is 6.93. The van der Waals surface area contributed by atoms with Crippen molar-refractivity contribution in [1.29, 1.82) is 0 Å². The van der Waals surface area contributed by atoms with Crippen LogP contribution in [-0.4, -0.2) is 37.2 Å². The number of rotatable bonds is 6. The number of fused-ring (bicyclic) bond motifs is 1. The van der Waals surface area contributed by atoms with E-state index in [1.807, 2.05) is 0 Å². The molecule has 1 aliphatic rings. The van der Waals surface area contributed by atoms with E-state index in [1.165, 1.54) is 26.4 Å². The van der Waals surface area contributed by atoms with Crippen molar-refractivity contribution in [3.05, 3.63) is 47.8 Å². The molecule has 2 atom stereocenters. The Morgan fingerprint density at radius 3 is 2.59 bits per heavy atom. The molecule has 1 heterocycles. The lowest BCUT2D eigenvalue weighted by molar-refractivity contribution is 0.0929. The number of oxazole rings is 1. The highest BCUT2D eigenvalue weighted by molar-refractivity contribution is 6.00. The van der Waals surface area contributed by atoms with Crippen LogP contribution in [-0.2, 0) is 0 Å². The van der Waals surface area contributed by atoms with Crippen LogP contribution >= 0.6 is 0 Å². The molecule has 1 saturated carbocycles. The molecule has 7 nitrogen and oxygen atoms in total. The number of methoxy groups -OCH3 is 2. The third kappa shape index (κ3) is 3.83. The van der Waals surface area contributed by atoms with Gasteiger partial charge in [-0.15, -0.1) is 0 Å². The summed E-state index contributed by atoms with van der Waals surface area (Å²) in [6.07, 6.45) is 2.61. The minimum Gasteiger partial charge on any atom is -0.496 e. The Balaban J connectivity index is 1.51. The van der Waals surface area contributed by atoms with Gasteiger partial charge in [0, 0.05) is 12.1 Å². The molecule has 1 aliphatic carbocycles. The van der Waals surface area contributed by atoms with E-state index in [9.17, 15) is 9.18 Å². The minimum atomic E-state index is -0.378. The molecule has 152 valence electrons. The van der Waals surface area contributed by atoms with Crippen LogP contribution in [0.4, 0.5) is 10.4 Å². The largest absolute Gasteiger partial charge is 0.496 e. The fourth-order valence-corrected chi connectivity index (χ4v) is 3.74. The van der Waals surface area contributed by atoms with Crippen LogP contribution in [0.3, 0.4) is 0 Å². The molecular formula is C21H22FN3O4. The van der Waals surface area contributed by atoms with Crippen LogP contribution in [0.2, 0.25) is 0 Å². The van der Waals surface area contributed by atoms with E-state index in [1.54, 1.807) is 24.3 Å². The molecule has 2 aromatic carbocycles. The predicted molar refractivity (Wildman–Crippen MR) is 106 cm³/mol. The number of halogens is 1. The van der Waals surface area contributed by atoms with Gasteiger partial charge in [0.05, 0.1) is 20.3 Å². The van der Waals surface area contributed by atoms with Crippen LogP contribution in [0, 0.1) is 5.82 Å². The van der Waals surface area contributed by atoms with Gasteiger partial charge < -0.3 is 24.5 Å². The van der Waals surface area contributed by atoms with E-state index >= 15 is 0 Å². The highest BCUT2D eigenvalue weighted by Gasteiger charge is 2.31. The lowest BCUT2D eigenvalue weighted by Gasteiger charge is -2.22. The van der Waals surface area contributed by atoms with Gasteiger partial charge in [0.15, 0.2) is 5.58 Å². The summed E-state index contributed by atoms with van der Waals surface area (Å²) in [5.41, 5.74) is 1.32. The first-order chi connectivity index (χ1) is 14.1. The predicted octanol–water partition coefficient (Wildman–Crippen LogP) is 3.75. The van der Waals surface area contributed by atoms with Crippen LogP contribution in [0.1, 0.15) is 29.6 Å². The van der Waals surface area contributed by atoms with E-state index in [4.69, 9.17) is 13.9 Å². The van der Waals surface area contributed by atoms with Crippen LogP contribution in [0.5, 0.6) is 11.5 Å².